The third-order valence-electron chi connectivity index (χ3n) is 4.80. The maximum Gasteiger partial charge on any atom is 0.251 e. The molecule has 2 aromatic carbocycles. The molecule has 1 amide bonds. The lowest BCUT2D eigenvalue weighted by Crippen LogP contribution is -2.29. The van der Waals surface area contributed by atoms with Crippen LogP contribution in [0.5, 0.6) is 0 Å². The van der Waals surface area contributed by atoms with E-state index in [4.69, 9.17) is 0 Å². The van der Waals surface area contributed by atoms with Crippen molar-refractivity contribution >= 4 is 17.7 Å². The summed E-state index contributed by atoms with van der Waals surface area (Å²) in [6.07, 6.45) is 3.85. The predicted octanol–water partition coefficient (Wildman–Crippen LogP) is 4.29. The van der Waals surface area contributed by atoms with Gasteiger partial charge in [-0.05, 0) is 48.9 Å². The maximum absolute atomic E-state index is 12.7. The molecule has 5 nitrogen and oxygen atoms in total. The molecule has 1 aliphatic rings. The molecule has 1 saturated carbocycles. The van der Waals surface area contributed by atoms with E-state index in [0.717, 1.165) is 16.5 Å². The van der Waals surface area contributed by atoms with Crippen LogP contribution in [-0.4, -0.2) is 21.1 Å². The van der Waals surface area contributed by atoms with Crippen molar-refractivity contribution < 1.29 is 4.79 Å². The van der Waals surface area contributed by atoms with Crippen LogP contribution in [0.4, 0.5) is 0 Å². The molecule has 1 unspecified atom stereocenters. The summed E-state index contributed by atoms with van der Waals surface area (Å²) in [6, 6.07) is 16.3. The van der Waals surface area contributed by atoms with Crippen LogP contribution in [0.25, 0.3) is 0 Å². The molecule has 0 spiro atoms. The van der Waals surface area contributed by atoms with Gasteiger partial charge in [-0.3, -0.25) is 9.89 Å². The average Bonchev–Trinajstić information content (AvgIpc) is 3.40. The lowest BCUT2D eigenvalue weighted by atomic mass is 10.0. The molecule has 6 heteroatoms. The predicted molar refractivity (Wildman–Crippen MR) is 106 cm³/mol. The second-order valence-corrected chi connectivity index (χ2v) is 7.94. The summed E-state index contributed by atoms with van der Waals surface area (Å²) >= 11 is 1.59. The number of carbonyl (C=O) groups is 1. The minimum absolute atomic E-state index is 0.0121. The summed E-state index contributed by atoms with van der Waals surface area (Å²) in [5, 5.41) is 10.7. The van der Waals surface area contributed by atoms with E-state index in [2.05, 4.69) is 51.7 Å². The standard InChI is InChI=1S/C21H22N4OS/c1-14-2-6-16(7-3-14)19(17-10-11-17)24-20(26)18-8-4-15(5-9-18)12-27-21-22-13-23-25-21/h2-9,13,17,19H,10-12H2,1H3,(H,24,26)(H,22,23,25). The molecule has 0 saturated heterocycles. The number of aromatic amines is 1. The smallest absolute Gasteiger partial charge is 0.251 e. The van der Waals surface area contributed by atoms with Crippen molar-refractivity contribution in [1.82, 2.24) is 20.5 Å². The van der Waals surface area contributed by atoms with E-state index in [9.17, 15) is 4.79 Å². The first-order valence-electron chi connectivity index (χ1n) is 9.13. The minimum atomic E-state index is -0.0121. The van der Waals surface area contributed by atoms with E-state index in [0.29, 0.717) is 11.5 Å². The van der Waals surface area contributed by atoms with Gasteiger partial charge in [0.15, 0.2) is 5.16 Å². The number of benzene rings is 2. The fourth-order valence-electron chi connectivity index (χ4n) is 3.07. The van der Waals surface area contributed by atoms with E-state index >= 15 is 0 Å². The van der Waals surface area contributed by atoms with E-state index in [-0.39, 0.29) is 11.9 Å². The molecular formula is C21H22N4OS. The van der Waals surface area contributed by atoms with Crippen LogP contribution < -0.4 is 5.32 Å². The number of H-pyrrole nitrogens is 1. The first-order valence-corrected chi connectivity index (χ1v) is 10.1. The van der Waals surface area contributed by atoms with Gasteiger partial charge in [-0.15, -0.1) is 0 Å². The van der Waals surface area contributed by atoms with Gasteiger partial charge in [-0.25, -0.2) is 4.98 Å². The Hall–Kier alpha value is -2.60. The fourth-order valence-corrected chi connectivity index (χ4v) is 3.80. The van der Waals surface area contributed by atoms with E-state index in [1.807, 2.05) is 24.3 Å². The highest BCUT2D eigenvalue weighted by Gasteiger charge is 2.33. The Labute approximate surface area is 163 Å². The van der Waals surface area contributed by atoms with Crippen molar-refractivity contribution in [2.24, 2.45) is 5.92 Å². The molecule has 27 heavy (non-hydrogen) atoms. The number of rotatable bonds is 7. The molecule has 1 heterocycles. The summed E-state index contributed by atoms with van der Waals surface area (Å²) in [7, 11) is 0. The third-order valence-corrected chi connectivity index (χ3v) is 5.75. The number of aromatic nitrogens is 3. The number of carbonyl (C=O) groups excluding carboxylic acids is 1. The molecule has 1 fully saturated rings. The topological polar surface area (TPSA) is 70.7 Å². The Bertz CT molecular complexity index is 887. The van der Waals surface area contributed by atoms with Crippen molar-refractivity contribution in [2.45, 2.75) is 36.7 Å². The fraction of sp³-hybridized carbons (Fsp3) is 0.286. The van der Waals surface area contributed by atoms with E-state index < -0.39 is 0 Å². The summed E-state index contributed by atoms with van der Waals surface area (Å²) in [4.78, 5) is 16.8. The zero-order valence-electron chi connectivity index (χ0n) is 15.2. The SMILES string of the molecule is Cc1ccc(C(NC(=O)c2ccc(CSc3ncn[nH]3)cc2)C2CC2)cc1. The summed E-state index contributed by atoms with van der Waals surface area (Å²) in [5.41, 5.74) is 4.27. The van der Waals surface area contributed by atoms with Crippen LogP contribution in [-0.2, 0) is 5.75 Å². The molecule has 1 aromatic heterocycles. The third kappa shape index (κ3) is 4.57. The van der Waals surface area contributed by atoms with E-state index in [1.165, 1.54) is 30.3 Å². The van der Waals surface area contributed by atoms with Crippen molar-refractivity contribution in [3.63, 3.8) is 0 Å². The number of nitrogens with one attached hydrogen (secondary N) is 2. The molecule has 1 atom stereocenters. The molecule has 1 aliphatic carbocycles. The molecule has 4 rings (SSSR count). The maximum atomic E-state index is 12.7. The van der Waals surface area contributed by atoms with Crippen molar-refractivity contribution in [2.75, 3.05) is 0 Å². The van der Waals surface area contributed by atoms with Gasteiger partial charge in [-0.2, -0.15) is 5.10 Å². The number of hydrogen-bond acceptors (Lipinski definition) is 4. The highest BCUT2D eigenvalue weighted by molar-refractivity contribution is 7.98. The Kier molecular flexibility index (Phi) is 5.25. The van der Waals surface area contributed by atoms with Gasteiger partial charge < -0.3 is 5.32 Å². The van der Waals surface area contributed by atoms with Crippen LogP contribution in [0, 0.1) is 12.8 Å². The van der Waals surface area contributed by atoms with Gasteiger partial charge in [0.25, 0.3) is 5.91 Å². The Morgan fingerprint density at radius 2 is 1.93 bits per heavy atom. The molecular weight excluding hydrogens is 356 g/mol. The molecule has 138 valence electrons. The largest absolute Gasteiger partial charge is 0.345 e. The van der Waals surface area contributed by atoms with Gasteiger partial charge in [0.2, 0.25) is 0 Å². The summed E-state index contributed by atoms with van der Waals surface area (Å²) in [5.74, 6) is 1.32. The zero-order chi connectivity index (χ0) is 18.6. The van der Waals surface area contributed by atoms with Gasteiger partial charge in [0.05, 0.1) is 6.04 Å². The molecule has 2 N–H and O–H groups in total. The van der Waals surface area contributed by atoms with Crippen molar-refractivity contribution in [1.29, 1.82) is 0 Å². The first kappa shape index (κ1) is 17.8. The second-order valence-electron chi connectivity index (χ2n) is 6.98. The summed E-state index contributed by atoms with van der Waals surface area (Å²) in [6.45, 7) is 2.08. The van der Waals surface area contributed by atoms with Crippen LogP contribution in [0.2, 0.25) is 0 Å². The quantitative estimate of drug-likeness (QED) is 0.602. The Morgan fingerprint density at radius 3 is 2.56 bits per heavy atom. The van der Waals surface area contributed by atoms with Gasteiger partial charge in [0, 0.05) is 11.3 Å². The molecule has 3 aromatic rings. The summed E-state index contributed by atoms with van der Waals surface area (Å²) < 4.78 is 0. The highest BCUT2D eigenvalue weighted by atomic mass is 32.2. The second kappa shape index (κ2) is 7.96. The lowest BCUT2D eigenvalue weighted by Gasteiger charge is -2.19. The van der Waals surface area contributed by atoms with Crippen molar-refractivity contribution in [3.8, 4) is 0 Å². The molecule has 0 bridgehead atoms. The van der Waals surface area contributed by atoms with Crippen molar-refractivity contribution in [3.05, 3.63) is 77.1 Å². The van der Waals surface area contributed by atoms with E-state index in [1.54, 1.807) is 11.8 Å². The Morgan fingerprint density at radius 1 is 1.19 bits per heavy atom. The first-order chi connectivity index (χ1) is 13.2. The average molecular weight is 379 g/mol. The number of aryl methyl sites for hydroxylation is 1. The van der Waals surface area contributed by atoms with Gasteiger partial charge in [-0.1, -0.05) is 53.7 Å². The number of hydrogen-bond donors (Lipinski definition) is 2. The van der Waals surface area contributed by atoms with Crippen LogP contribution >= 0.6 is 11.8 Å². The zero-order valence-corrected chi connectivity index (χ0v) is 16.0. The van der Waals surface area contributed by atoms with Gasteiger partial charge in [0.1, 0.15) is 6.33 Å². The van der Waals surface area contributed by atoms with Crippen LogP contribution in [0.3, 0.4) is 0 Å². The molecule has 0 radical (unpaired) electrons. The van der Waals surface area contributed by atoms with Gasteiger partial charge >= 0.3 is 0 Å². The minimum Gasteiger partial charge on any atom is -0.345 e. The number of nitrogens with zero attached hydrogens (tertiary/aromatic N) is 2. The monoisotopic (exact) mass is 378 g/mol. The Balaban J connectivity index is 1.40. The number of amides is 1. The van der Waals surface area contributed by atoms with Crippen LogP contribution in [0.15, 0.2) is 60.0 Å². The normalized spacial score (nSPS) is 14.7. The lowest BCUT2D eigenvalue weighted by molar-refractivity contribution is 0.0931. The number of thioether (sulfide) groups is 1. The van der Waals surface area contributed by atoms with Crippen LogP contribution in [0.1, 0.15) is 45.9 Å². The molecule has 0 aliphatic heterocycles. The highest BCUT2D eigenvalue weighted by Crippen LogP contribution is 2.41.